The molecular weight excluding hydrogens is 340 g/mol. The van der Waals surface area contributed by atoms with E-state index >= 15 is 0 Å². The van der Waals surface area contributed by atoms with E-state index < -0.39 is 0 Å². The van der Waals surface area contributed by atoms with Crippen molar-refractivity contribution in [2.75, 3.05) is 0 Å². The molecule has 0 saturated carbocycles. The van der Waals surface area contributed by atoms with Gasteiger partial charge in [0, 0.05) is 11.8 Å². The zero-order valence-electron chi connectivity index (χ0n) is 13.1. The smallest absolute Gasteiger partial charge is 0.261 e. The van der Waals surface area contributed by atoms with Gasteiger partial charge in [0.1, 0.15) is 0 Å². The number of nitrogens with one attached hydrogen (secondary N) is 1. The normalized spacial score (nSPS) is 10.5. The van der Waals surface area contributed by atoms with E-state index in [9.17, 15) is 9.59 Å². The van der Waals surface area contributed by atoms with Crippen LogP contribution in [0.2, 0.25) is 0 Å². The highest BCUT2D eigenvalue weighted by Gasteiger charge is 2.12. The second-order valence-electron chi connectivity index (χ2n) is 5.30. The van der Waals surface area contributed by atoms with Gasteiger partial charge in [0.15, 0.2) is 5.78 Å². The fourth-order valence-corrected chi connectivity index (χ4v) is 3.83. The highest BCUT2D eigenvalue weighted by molar-refractivity contribution is 7.16. The summed E-state index contributed by atoms with van der Waals surface area (Å²) in [6, 6.07) is 13.5. The first-order chi connectivity index (χ1) is 11.6. The summed E-state index contributed by atoms with van der Waals surface area (Å²) < 4.78 is 0. The van der Waals surface area contributed by atoms with Gasteiger partial charge in [0.25, 0.3) is 5.91 Å². The Morgan fingerprint density at radius 3 is 2.54 bits per heavy atom. The first kappa shape index (κ1) is 16.5. The molecule has 122 valence electrons. The summed E-state index contributed by atoms with van der Waals surface area (Å²) in [6.45, 7) is 1.88. The molecule has 3 rings (SSSR count). The molecule has 0 radical (unpaired) electrons. The van der Waals surface area contributed by atoms with Crippen LogP contribution in [-0.4, -0.2) is 16.7 Å². The van der Waals surface area contributed by atoms with E-state index in [-0.39, 0.29) is 11.7 Å². The predicted octanol–water partition coefficient (Wildman–Crippen LogP) is 3.93. The summed E-state index contributed by atoms with van der Waals surface area (Å²) in [6.07, 6.45) is 0.798. The number of Topliss-reactive ketones (excluding diaryl/α,β-unsaturated/α-hetero) is 1. The molecule has 4 nitrogen and oxygen atoms in total. The monoisotopic (exact) mass is 356 g/mol. The number of benzene rings is 1. The van der Waals surface area contributed by atoms with Crippen molar-refractivity contribution in [3.8, 4) is 0 Å². The number of carbonyl (C=O) groups is 2. The molecule has 2 heterocycles. The Balaban J connectivity index is 1.56. The molecule has 0 unspecified atom stereocenters. The van der Waals surface area contributed by atoms with Crippen molar-refractivity contribution in [1.82, 2.24) is 10.3 Å². The number of rotatable bonds is 6. The molecule has 0 aliphatic carbocycles. The number of thiophene rings is 1. The van der Waals surface area contributed by atoms with Gasteiger partial charge >= 0.3 is 0 Å². The van der Waals surface area contributed by atoms with Gasteiger partial charge in [-0.3, -0.25) is 9.59 Å². The summed E-state index contributed by atoms with van der Waals surface area (Å²) in [5, 5.41) is 5.84. The van der Waals surface area contributed by atoms with E-state index in [2.05, 4.69) is 22.4 Å². The molecule has 6 heteroatoms. The van der Waals surface area contributed by atoms with Crippen LogP contribution in [0.4, 0.5) is 0 Å². The molecule has 24 heavy (non-hydrogen) atoms. The Morgan fingerprint density at radius 1 is 1.08 bits per heavy atom. The second kappa shape index (κ2) is 7.51. The molecule has 0 atom stereocenters. The Bertz CT molecular complexity index is 853. The van der Waals surface area contributed by atoms with Gasteiger partial charge in [0.2, 0.25) is 0 Å². The van der Waals surface area contributed by atoms with Crippen LogP contribution < -0.4 is 5.32 Å². The van der Waals surface area contributed by atoms with Crippen LogP contribution in [0.25, 0.3) is 0 Å². The average molecular weight is 356 g/mol. The van der Waals surface area contributed by atoms with Crippen molar-refractivity contribution in [3.05, 3.63) is 73.9 Å². The minimum Gasteiger partial charge on any atom is -0.346 e. The lowest BCUT2D eigenvalue weighted by Crippen LogP contribution is -2.21. The van der Waals surface area contributed by atoms with Crippen LogP contribution in [0.3, 0.4) is 0 Å². The van der Waals surface area contributed by atoms with Crippen molar-refractivity contribution in [2.45, 2.75) is 19.9 Å². The first-order valence-electron chi connectivity index (χ1n) is 7.48. The molecule has 1 N–H and O–H groups in total. The van der Waals surface area contributed by atoms with Gasteiger partial charge in [0.05, 0.1) is 27.0 Å². The van der Waals surface area contributed by atoms with Crippen molar-refractivity contribution < 1.29 is 9.59 Å². The Hall–Kier alpha value is -2.31. The van der Waals surface area contributed by atoms with Crippen molar-refractivity contribution in [2.24, 2.45) is 0 Å². The number of ketones is 1. The number of nitrogens with zero attached hydrogens (tertiary/aromatic N) is 1. The van der Waals surface area contributed by atoms with Gasteiger partial charge < -0.3 is 5.32 Å². The van der Waals surface area contributed by atoms with Gasteiger partial charge in [-0.05, 0) is 24.6 Å². The van der Waals surface area contributed by atoms with Crippen LogP contribution in [0.1, 0.15) is 42.5 Å². The van der Waals surface area contributed by atoms with Gasteiger partial charge in [-0.2, -0.15) is 0 Å². The third-order valence-electron chi connectivity index (χ3n) is 3.40. The topological polar surface area (TPSA) is 59.1 Å². The van der Waals surface area contributed by atoms with Crippen molar-refractivity contribution in [1.29, 1.82) is 0 Å². The molecule has 2 aromatic heterocycles. The fraction of sp³-hybridized carbons (Fsp3) is 0.167. The lowest BCUT2D eigenvalue weighted by Gasteiger charge is -2.00. The molecule has 0 spiro atoms. The van der Waals surface area contributed by atoms with Gasteiger partial charge in [-0.15, -0.1) is 22.7 Å². The number of hydrogen-bond donors (Lipinski definition) is 1. The highest BCUT2D eigenvalue weighted by Crippen LogP contribution is 2.18. The number of thiazole rings is 1. The summed E-state index contributed by atoms with van der Waals surface area (Å²) in [4.78, 5) is 29.1. The molecule has 0 aliphatic rings. The largest absolute Gasteiger partial charge is 0.346 e. The SMILES string of the molecule is CC(=O)c1ccc(C(=O)NCc2csc(Cc3ccccc3)n2)s1. The standard InChI is InChI=1S/C18H16N2O2S2/c1-12(21)15-7-8-16(24-15)18(22)19-10-14-11-23-17(20-14)9-13-5-3-2-4-6-13/h2-8,11H,9-10H2,1H3,(H,19,22). The molecule has 1 amide bonds. The molecule has 1 aromatic carbocycles. The van der Waals surface area contributed by atoms with Crippen LogP contribution in [0.5, 0.6) is 0 Å². The summed E-state index contributed by atoms with van der Waals surface area (Å²) in [7, 11) is 0. The lowest BCUT2D eigenvalue weighted by molar-refractivity contribution is 0.0954. The Labute approximate surface area is 148 Å². The zero-order valence-corrected chi connectivity index (χ0v) is 14.7. The first-order valence-corrected chi connectivity index (χ1v) is 9.17. The molecule has 0 saturated heterocycles. The summed E-state index contributed by atoms with van der Waals surface area (Å²) >= 11 is 2.81. The Kier molecular flexibility index (Phi) is 5.17. The van der Waals surface area contributed by atoms with Crippen molar-refractivity contribution in [3.63, 3.8) is 0 Å². The quantitative estimate of drug-likeness (QED) is 0.681. The van der Waals surface area contributed by atoms with Crippen LogP contribution >= 0.6 is 22.7 Å². The third kappa shape index (κ3) is 4.15. The number of hydrogen-bond acceptors (Lipinski definition) is 5. The number of aromatic nitrogens is 1. The summed E-state index contributed by atoms with van der Waals surface area (Å²) in [5.74, 6) is -0.200. The van der Waals surface area contributed by atoms with E-state index in [4.69, 9.17) is 0 Å². The van der Waals surface area contributed by atoms with E-state index in [1.807, 2.05) is 23.6 Å². The van der Waals surface area contributed by atoms with Gasteiger partial charge in [-0.1, -0.05) is 30.3 Å². The van der Waals surface area contributed by atoms with Crippen LogP contribution in [-0.2, 0) is 13.0 Å². The van der Waals surface area contributed by atoms with Gasteiger partial charge in [-0.25, -0.2) is 4.98 Å². The average Bonchev–Trinajstić information content (AvgIpc) is 3.23. The third-order valence-corrected chi connectivity index (χ3v) is 5.49. The van der Waals surface area contributed by atoms with E-state index in [1.165, 1.54) is 23.8 Å². The molecule has 0 fully saturated rings. The van der Waals surface area contributed by atoms with Crippen LogP contribution in [0, 0.1) is 0 Å². The lowest BCUT2D eigenvalue weighted by atomic mass is 10.2. The molecule has 3 aromatic rings. The summed E-state index contributed by atoms with van der Waals surface area (Å²) in [5.41, 5.74) is 2.07. The van der Waals surface area contributed by atoms with Crippen LogP contribution in [0.15, 0.2) is 47.8 Å². The zero-order chi connectivity index (χ0) is 16.9. The second-order valence-corrected chi connectivity index (χ2v) is 7.32. The molecule has 0 bridgehead atoms. The minimum absolute atomic E-state index is 0.0240. The fourth-order valence-electron chi connectivity index (χ4n) is 2.19. The van der Waals surface area contributed by atoms with E-state index in [1.54, 1.807) is 23.5 Å². The van der Waals surface area contributed by atoms with E-state index in [0.717, 1.165) is 17.1 Å². The number of carbonyl (C=O) groups excluding carboxylic acids is 2. The predicted molar refractivity (Wildman–Crippen MR) is 96.9 cm³/mol. The highest BCUT2D eigenvalue weighted by atomic mass is 32.1. The molecule has 0 aliphatic heterocycles. The Morgan fingerprint density at radius 2 is 1.83 bits per heavy atom. The van der Waals surface area contributed by atoms with E-state index in [0.29, 0.717) is 16.3 Å². The maximum absolute atomic E-state index is 12.1. The number of amides is 1. The minimum atomic E-state index is -0.176. The molecular formula is C18H16N2O2S2. The maximum atomic E-state index is 12.1. The van der Waals surface area contributed by atoms with Crippen molar-refractivity contribution >= 4 is 34.4 Å². The maximum Gasteiger partial charge on any atom is 0.261 e.